The van der Waals surface area contributed by atoms with E-state index >= 15 is 0 Å². The highest BCUT2D eigenvalue weighted by Gasteiger charge is 2.35. The van der Waals surface area contributed by atoms with Gasteiger partial charge in [0.05, 0.1) is 0 Å². The summed E-state index contributed by atoms with van der Waals surface area (Å²) in [5, 5.41) is 4.04. The lowest BCUT2D eigenvalue weighted by molar-refractivity contribution is 0.0730. The van der Waals surface area contributed by atoms with E-state index in [1.807, 2.05) is 47.4 Å². The van der Waals surface area contributed by atoms with E-state index in [4.69, 9.17) is 4.52 Å². The number of pyridine rings is 1. The molecule has 120 valence electrons. The first-order chi connectivity index (χ1) is 11.8. The Morgan fingerprint density at radius 1 is 1.12 bits per heavy atom. The molecule has 0 bridgehead atoms. The van der Waals surface area contributed by atoms with Crippen molar-refractivity contribution in [2.45, 2.75) is 25.4 Å². The fraction of sp³-hybridized carbons (Fsp3) is 0.211. The van der Waals surface area contributed by atoms with E-state index in [1.54, 1.807) is 12.4 Å². The molecule has 2 heterocycles. The van der Waals surface area contributed by atoms with E-state index in [0.717, 1.165) is 24.0 Å². The van der Waals surface area contributed by atoms with Crippen LogP contribution >= 0.6 is 0 Å². The molecule has 5 nitrogen and oxygen atoms in total. The molecule has 1 fully saturated rings. The third kappa shape index (κ3) is 2.93. The fourth-order valence-corrected chi connectivity index (χ4v) is 2.79. The number of hydrogen-bond acceptors (Lipinski definition) is 4. The molecule has 24 heavy (non-hydrogen) atoms. The van der Waals surface area contributed by atoms with E-state index in [1.165, 1.54) is 6.26 Å². The second-order valence-electron chi connectivity index (χ2n) is 5.96. The lowest BCUT2D eigenvalue weighted by Gasteiger charge is -2.22. The van der Waals surface area contributed by atoms with Gasteiger partial charge in [-0.1, -0.05) is 35.5 Å². The molecule has 0 spiro atoms. The largest absolute Gasteiger partial charge is 0.363 e. The Morgan fingerprint density at radius 3 is 2.58 bits per heavy atom. The van der Waals surface area contributed by atoms with Gasteiger partial charge < -0.3 is 9.42 Å². The summed E-state index contributed by atoms with van der Waals surface area (Å²) < 4.78 is 5.11. The van der Waals surface area contributed by atoms with Crippen molar-refractivity contribution in [2.24, 2.45) is 0 Å². The van der Waals surface area contributed by atoms with E-state index in [2.05, 4.69) is 10.1 Å². The third-order valence-electron chi connectivity index (χ3n) is 4.20. The predicted octanol–water partition coefficient (Wildman–Crippen LogP) is 3.54. The van der Waals surface area contributed by atoms with Crippen LogP contribution in [-0.4, -0.2) is 27.0 Å². The van der Waals surface area contributed by atoms with Crippen molar-refractivity contribution in [1.29, 1.82) is 0 Å². The highest BCUT2D eigenvalue weighted by molar-refractivity contribution is 5.99. The second-order valence-corrected chi connectivity index (χ2v) is 5.96. The van der Waals surface area contributed by atoms with Crippen molar-refractivity contribution in [3.8, 4) is 11.3 Å². The molecular weight excluding hydrogens is 302 g/mol. The summed E-state index contributed by atoms with van der Waals surface area (Å²) in [6.07, 6.45) is 7.04. The molecule has 2 aromatic heterocycles. The SMILES string of the molecule is O=C(c1conc1-c1ccccc1)N(Cc1ccncc1)C1CC1. The number of benzene rings is 1. The first-order valence-electron chi connectivity index (χ1n) is 8.02. The molecular formula is C19H17N3O2. The Labute approximate surface area is 139 Å². The molecule has 0 saturated heterocycles. The van der Waals surface area contributed by atoms with Gasteiger partial charge in [-0.05, 0) is 30.5 Å². The summed E-state index contributed by atoms with van der Waals surface area (Å²) in [5.41, 5.74) is 3.07. The number of carbonyl (C=O) groups is 1. The maximum Gasteiger partial charge on any atom is 0.260 e. The molecule has 0 atom stereocenters. The Bertz CT molecular complexity index is 826. The summed E-state index contributed by atoms with van der Waals surface area (Å²) in [7, 11) is 0. The minimum absolute atomic E-state index is 0.0329. The smallest absolute Gasteiger partial charge is 0.260 e. The number of nitrogens with zero attached hydrogens (tertiary/aromatic N) is 3. The van der Waals surface area contributed by atoms with Crippen molar-refractivity contribution in [1.82, 2.24) is 15.0 Å². The molecule has 1 amide bonds. The van der Waals surface area contributed by atoms with E-state index in [-0.39, 0.29) is 5.91 Å². The molecule has 0 aliphatic heterocycles. The predicted molar refractivity (Wildman–Crippen MR) is 89.1 cm³/mol. The maximum atomic E-state index is 13.1. The average Bonchev–Trinajstić information content (AvgIpc) is 3.36. The molecule has 0 radical (unpaired) electrons. The summed E-state index contributed by atoms with van der Waals surface area (Å²) in [4.78, 5) is 19.0. The molecule has 1 aromatic carbocycles. The molecule has 0 unspecified atom stereocenters. The standard InChI is InChI=1S/C19H17N3O2/c23-19(17-13-24-21-18(17)15-4-2-1-3-5-15)22(16-6-7-16)12-14-8-10-20-11-9-14/h1-5,8-11,13,16H,6-7,12H2. The van der Waals surface area contributed by atoms with Crippen molar-refractivity contribution in [3.63, 3.8) is 0 Å². The van der Waals surface area contributed by atoms with Crippen molar-refractivity contribution in [3.05, 3.63) is 72.2 Å². The summed E-state index contributed by atoms with van der Waals surface area (Å²) in [5.74, 6) is -0.0329. The fourth-order valence-electron chi connectivity index (χ4n) is 2.79. The zero-order valence-corrected chi connectivity index (χ0v) is 13.1. The summed E-state index contributed by atoms with van der Waals surface area (Å²) >= 11 is 0. The Morgan fingerprint density at radius 2 is 1.88 bits per heavy atom. The molecule has 1 aliphatic rings. The van der Waals surface area contributed by atoms with Gasteiger partial charge in [0, 0.05) is 30.5 Å². The van der Waals surface area contributed by atoms with Gasteiger partial charge in [-0.15, -0.1) is 0 Å². The van der Waals surface area contributed by atoms with Crippen LogP contribution in [0.4, 0.5) is 0 Å². The van der Waals surface area contributed by atoms with Gasteiger partial charge in [0.2, 0.25) is 0 Å². The monoisotopic (exact) mass is 319 g/mol. The normalized spacial score (nSPS) is 13.7. The first-order valence-corrected chi connectivity index (χ1v) is 8.02. The van der Waals surface area contributed by atoms with Gasteiger partial charge in [-0.2, -0.15) is 0 Å². The molecule has 3 aromatic rings. The molecule has 1 saturated carbocycles. The molecule has 4 rings (SSSR count). The second kappa shape index (κ2) is 6.28. The lowest BCUT2D eigenvalue weighted by Crippen LogP contribution is -2.32. The van der Waals surface area contributed by atoms with Crippen LogP contribution in [-0.2, 0) is 6.54 Å². The maximum absolute atomic E-state index is 13.1. The van der Waals surface area contributed by atoms with Gasteiger partial charge in [0.15, 0.2) is 0 Å². The first kappa shape index (κ1) is 14.6. The topological polar surface area (TPSA) is 59.2 Å². The number of hydrogen-bond donors (Lipinski definition) is 0. The number of amides is 1. The van der Waals surface area contributed by atoms with Gasteiger partial charge in [-0.3, -0.25) is 9.78 Å². The highest BCUT2D eigenvalue weighted by Crippen LogP contribution is 2.32. The molecule has 5 heteroatoms. The van der Waals surface area contributed by atoms with Crippen LogP contribution in [0.1, 0.15) is 28.8 Å². The zero-order chi connectivity index (χ0) is 16.4. The van der Waals surface area contributed by atoms with Crippen LogP contribution in [0.2, 0.25) is 0 Å². The van der Waals surface area contributed by atoms with Crippen LogP contribution in [0.25, 0.3) is 11.3 Å². The highest BCUT2D eigenvalue weighted by atomic mass is 16.5. The Kier molecular flexibility index (Phi) is 3.83. The number of carbonyl (C=O) groups excluding carboxylic acids is 1. The minimum atomic E-state index is -0.0329. The van der Waals surface area contributed by atoms with Crippen LogP contribution in [0.15, 0.2) is 65.6 Å². The minimum Gasteiger partial charge on any atom is -0.363 e. The molecule has 0 N–H and O–H groups in total. The van der Waals surface area contributed by atoms with Crippen molar-refractivity contribution >= 4 is 5.91 Å². The van der Waals surface area contributed by atoms with Crippen molar-refractivity contribution in [2.75, 3.05) is 0 Å². The lowest BCUT2D eigenvalue weighted by atomic mass is 10.1. The van der Waals surface area contributed by atoms with E-state index in [0.29, 0.717) is 23.8 Å². The summed E-state index contributed by atoms with van der Waals surface area (Å²) in [6, 6.07) is 13.8. The van der Waals surface area contributed by atoms with E-state index < -0.39 is 0 Å². The number of aromatic nitrogens is 2. The van der Waals surface area contributed by atoms with Gasteiger partial charge >= 0.3 is 0 Å². The van der Waals surface area contributed by atoms with Crippen LogP contribution < -0.4 is 0 Å². The van der Waals surface area contributed by atoms with Crippen molar-refractivity contribution < 1.29 is 9.32 Å². The van der Waals surface area contributed by atoms with Crippen LogP contribution in [0, 0.1) is 0 Å². The van der Waals surface area contributed by atoms with E-state index in [9.17, 15) is 4.79 Å². The average molecular weight is 319 g/mol. The Hall–Kier alpha value is -2.95. The van der Waals surface area contributed by atoms with Gasteiger partial charge in [-0.25, -0.2) is 0 Å². The van der Waals surface area contributed by atoms with Gasteiger partial charge in [0.1, 0.15) is 17.5 Å². The molecule has 1 aliphatic carbocycles. The zero-order valence-electron chi connectivity index (χ0n) is 13.1. The summed E-state index contributed by atoms with van der Waals surface area (Å²) in [6.45, 7) is 0.575. The van der Waals surface area contributed by atoms with Gasteiger partial charge in [0.25, 0.3) is 5.91 Å². The van der Waals surface area contributed by atoms with Crippen LogP contribution in [0.5, 0.6) is 0 Å². The number of rotatable bonds is 5. The quantitative estimate of drug-likeness (QED) is 0.721. The Balaban J connectivity index is 1.63. The van der Waals surface area contributed by atoms with Crippen LogP contribution in [0.3, 0.4) is 0 Å². The third-order valence-corrected chi connectivity index (χ3v) is 4.20.